The number of methoxy groups -OCH3 is 1. The van der Waals surface area contributed by atoms with E-state index in [1.54, 1.807) is 34.8 Å². The number of aliphatic hydroxyl groups excluding tert-OH is 1. The summed E-state index contributed by atoms with van der Waals surface area (Å²) in [6, 6.07) is -0.171. The fourth-order valence-electron chi connectivity index (χ4n) is 6.96. The van der Waals surface area contributed by atoms with E-state index in [1.807, 2.05) is 39.8 Å². The van der Waals surface area contributed by atoms with E-state index in [0.717, 1.165) is 0 Å². The van der Waals surface area contributed by atoms with E-state index in [0.29, 0.717) is 12.8 Å². The summed E-state index contributed by atoms with van der Waals surface area (Å²) in [6.45, 7) is 15.3. The van der Waals surface area contributed by atoms with Crippen LogP contribution in [0.2, 0.25) is 0 Å². The topological polar surface area (TPSA) is 141 Å². The maximum absolute atomic E-state index is 13.7. The van der Waals surface area contributed by atoms with Gasteiger partial charge < -0.3 is 38.8 Å². The average Bonchev–Trinajstić information content (AvgIpc) is 2.92. The van der Waals surface area contributed by atoms with E-state index in [2.05, 4.69) is 0 Å². The smallest absolute Gasteiger partial charge is 0.309 e. The number of esters is 2. The molecule has 13 atom stereocenters. The van der Waals surface area contributed by atoms with Crippen LogP contribution in [0.5, 0.6) is 0 Å². The SMILES string of the molecule is CC[C@H]1OC(=O)[C@H](C)C[C@H](C)[C@@H](O[C@@H]2O[C@H](C)C[C@H](N(C)C)[C@H]2OC(C)=O)[C@](C)(OC)C[C@@H](C)C(=O)[C@H](C)[C@@H](O)[C@]1(C)O. The molecule has 0 bridgehead atoms. The summed E-state index contributed by atoms with van der Waals surface area (Å²) < 4.78 is 30.7. The quantitative estimate of drug-likeness (QED) is 0.426. The lowest BCUT2D eigenvalue weighted by Gasteiger charge is -2.48. The number of ether oxygens (including phenoxy) is 5. The van der Waals surface area contributed by atoms with Crippen molar-refractivity contribution in [3.63, 3.8) is 0 Å². The van der Waals surface area contributed by atoms with Gasteiger partial charge in [-0.1, -0.05) is 34.6 Å². The number of carbonyl (C=O) groups is 3. The maximum atomic E-state index is 13.7. The van der Waals surface area contributed by atoms with Gasteiger partial charge in [-0.15, -0.1) is 0 Å². The molecule has 2 aliphatic heterocycles. The number of cyclic esters (lactones) is 1. The van der Waals surface area contributed by atoms with Crippen molar-refractivity contribution in [3.8, 4) is 0 Å². The number of Topliss-reactive ketones (excluding diaryl/α,β-unsaturated/α-hetero) is 1. The molecular weight excluding hydrogens is 558 g/mol. The number of rotatable bonds is 6. The van der Waals surface area contributed by atoms with Crippen molar-refractivity contribution in [1.29, 1.82) is 0 Å². The van der Waals surface area contributed by atoms with Gasteiger partial charge in [-0.3, -0.25) is 14.4 Å². The molecule has 250 valence electrons. The molecule has 0 aromatic heterocycles. The fourth-order valence-corrected chi connectivity index (χ4v) is 6.96. The summed E-state index contributed by atoms with van der Waals surface area (Å²) in [5, 5.41) is 22.5. The molecule has 2 aliphatic rings. The summed E-state index contributed by atoms with van der Waals surface area (Å²) in [5.74, 6) is -3.68. The van der Waals surface area contributed by atoms with Crippen molar-refractivity contribution >= 4 is 17.7 Å². The maximum Gasteiger partial charge on any atom is 0.309 e. The lowest BCUT2D eigenvalue weighted by atomic mass is 9.74. The molecule has 0 amide bonds. The van der Waals surface area contributed by atoms with Crippen LogP contribution in [0, 0.1) is 23.7 Å². The van der Waals surface area contributed by atoms with Crippen LogP contribution in [0.25, 0.3) is 0 Å². The Balaban J connectivity index is 2.60. The second-order valence-corrected chi connectivity index (χ2v) is 13.6. The minimum atomic E-state index is -1.84. The molecule has 11 heteroatoms. The van der Waals surface area contributed by atoms with Crippen LogP contribution in [0.4, 0.5) is 0 Å². The first kappa shape index (κ1) is 37.6. The summed E-state index contributed by atoms with van der Waals surface area (Å²) >= 11 is 0. The molecule has 0 aromatic rings. The Kier molecular flexibility index (Phi) is 13.2. The third-order valence-electron chi connectivity index (χ3n) is 9.55. The Labute approximate surface area is 257 Å². The molecule has 0 saturated carbocycles. The zero-order valence-corrected chi connectivity index (χ0v) is 28.3. The van der Waals surface area contributed by atoms with Crippen molar-refractivity contribution in [2.45, 2.75) is 142 Å². The number of ketones is 1. The zero-order valence-electron chi connectivity index (χ0n) is 28.3. The molecule has 0 aliphatic carbocycles. The fraction of sp³-hybridized carbons (Fsp3) is 0.906. The highest BCUT2D eigenvalue weighted by atomic mass is 16.7. The van der Waals surface area contributed by atoms with Gasteiger partial charge >= 0.3 is 11.9 Å². The normalized spacial score (nSPS) is 44.0. The molecule has 43 heavy (non-hydrogen) atoms. The molecule has 11 nitrogen and oxygen atoms in total. The molecule has 2 heterocycles. The van der Waals surface area contributed by atoms with E-state index >= 15 is 0 Å². The molecule has 0 radical (unpaired) electrons. The lowest BCUT2D eigenvalue weighted by Crippen LogP contribution is -2.59. The number of nitrogens with zero attached hydrogens (tertiary/aromatic N) is 1. The van der Waals surface area contributed by atoms with Crippen LogP contribution in [-0.4, -0.2) is 108 Å². The Morgan fingerprint density at radius 2 is 1.67 bits per heavy atom. The molecule has 0 aromatic carbocycles. The molecule has 2 saturated heterocycles. The lowest BCUT2D eigenvalue weighted by molar-refractivity contribution is -0.300. The number of hydrogen-bond donors (Lipinski definition) is 2. The third-order valence-corrected chi connectivity index (χ3v) is 9.55. The van der Waals surface area contributed by atoms with Crippen molar-refractivity contribution in [1.82, 2.24) is 4.90 Å². The summed E-state index contributed by atoms with van der Waals surface area (Å²) in [4.78, 5) is 41.1. The van der Waals surface area contributed by atoms with Gasteiger partial charge in [0.1, 0.15) is 17.5 Å². The minimum Gasteiger partial charge on any atom is -0.459 e. The van der Waals surface area contributed by atoms with Gasteiger partial charge in [-0.25, -0.2) is 0 Å². The molecular formula is C32H57NO10. The van der Waals surface area contributed by atoms with E-state index in [4.69, 9.17) is 23.7 Å². The van der Waals surface area contributed by atoms with Crippen molar-refractivity contribution in [2.75, 3.05) is 21.2 Å². The van der Waals surface area contributed by atoms with Crippen LogP contribution in [0.3, 0.4) is 0 Å². The molecule has 2 rings (SSSR count). The number of likely N-dealkylation sites (N-methyl/N-ethyl adjacent to an activating group) is 1. The summed E-state index contributed by atoms with van der Waals surface area (Å²) in [5.41, 5.74) is -2.89. The standard InChI is InChI=1S/C32H57NO10/c1-13-24-32(9,38)27(36)21(6)25(35)19(4)16-31(8,39-12)28(17(2)14-18(3)29(37)42-24)43-30-26(41-22(7)34)23(33(10)11)15-20(5)40-30/h17-21,23-24,26-28,30,36,38H,13-16H2,1-12H3/t17-,18+,19+,20+,21-,23-,24+,26+,27+,28+,30-,31+,32+/m0/s1. The van der Waals surface area contributed by atoms with Gasteiger partial charge in [-0.05, 0) is 66.5 Å². The third kappa shape index (κ3) is 8.76. The second-order valence-electron chi connectivity index (χ2n) is 13.6. The average molecular weight is 616 g/mol. The van der Waals surface area contributed by atoms with Gasteiger partial charge in [0.15, 0.2) is 12.4 Å². The Hall–Kier alpha value is -1.63. The second kappa shape index (κ2) is 15.1. The predicted molar refractivity (Wildman–Crippen MR) is 160 cm³/mol. The highest BCUT2D eigenvalue weighted by molar-refractivity contribution is 5.83. The largest absolute Gasteiger partial charge is 0.459 e. The molecule has 0 spiro atoms. The van der Waals surface area contributed by atoms with Crippen LogP contribution in [0.1, 0.15) is 88.0 Å². The molecule has 2 fully saturated rings. The highest BCUT2D eigenvalue weighted by Crippen LogP contribution is 2.39. The Morgan fingerprint density at radius 1 is 1.07 bits per heavy atom. The van der Waals surface area contributed by atoms with Gasteiger partial charge in [0.25, 0.3) is 0 Å². The van der Waals surface area contributed by atoms with Crippen LogP contribution >= 0.6 is 0 Å². The first-order chi connectivity index (χ1) is 19.8. The first-order valence-corrected chi connectivity index (χ1v) is 15.6. The van der Waals surface area contributed by atoms with Gasteiger partial charge in [-0.2, -0.15) is 0 Å². The van der Waals surface area contributed by atoms with Crippen molar-refractivity contribution in [2.24, 2.45) is 23.7 Å². The number of hydrogen-bond acceptors (Lipinski definition) is 11. The minimum absolute atomic E-state index is 0.171. The van der Waals surface area contributed by atoms with Crippen LogP contribution in [-0.2, 0) is 38.1 Å². The monoisotopic (exact) mass is 615 g/mol. The van der Waals surface area contributed by atoms with Crippen LogP contribution in [0.15, 0.2) is 0 Å². The van der Waals surface area contributed by atoms with Gasteiger partial charge in [0, 0.05) is 25.9 Å². The van der Waals surface area contributed by atoms with Gasteiger partial charge in [0.2, 0.25) is 0 Å². The summed E-state index contributed by atoms with van der Waals surface area (Å²) in [6.07, 6.45) is -3.60. The van der Waals surface area contributed by atoms with Crippen LogP contribution < -0.4 is 0 Å². The van der Waals surface area contributed by atoms with E-state index in [1.165, 1.54) is 13.8 Å². The van der Waals surface area contributed by atoms with E-state index in [9.17, 15) is 24.6 Å². The molecule has 0 unspecified atom stereocenters. The first-order valence-electron chi connectivity index (χ1n) is 15.6. The Bertz CT molecular complexity index is 956. The number of carbonyl (C=O) groups excluding carboxylic acids is 3. The van der Waals surface area contributed by atoms with E-state index < -0.39 is 71.6 Å². The van der Waals surface area contributed by atoms with E-state index in [-0.39, 0.29) is 36.7 Å². The number of aliphatic hydroxyl groups is 2. The predicted octanol–water partition coefficient (Wildman–Crippen LogP) is 3.11. The van der Waals surface area contributed by atoms with Crippen molar-refractivity contribution < 1.29 is 48.3 Å². The zero-order chi connectivity index (χ0) is 33.0. The highest BCUT2D eigenvalue weighted by Gasteiger charge is 2.51. The van der Waals surface area contributed by atoms with Crippen molar-refractivity contribution in [3.05, 3.63) is 0 Å². The molecule has 2 N–H and O–H groups in total. The van der Waals surface area contributed by atoms with Gasteiger partial charge in [0.05, 0.1) is 35.9 Å². The Morgan fingerprint density at radius 3 is 2.19 bits per heavy atom. The summed E-state index contributed by atoms with van der Waals surface area (Å²) in [7, 11) is 5.38.